The van der Waals surface area contributed by atoms with Crippen LogP contribution in [0.4, 0.5) is 10.7 Å². The van der Waals surface area contributed by atoms with E-state index in [2.05, 4.69) is 5.32 Å². The summed E-state index contributed by atoms with van der Waals surface area (Å²) in [6, 6.07) is 0.972. The Kier molecular flexibility index (Phi) is 3.28. The second-order valence-corrected chi connectivity index (χ2v) is 4.24. The minimum absolute atomic E-state index is 0.0997. The lowest BCUT2D eigenvalue weighted by Crippen LogP contribution is -2.50. The van der Waals surface area contributed by atoms with E-state index in [9.17, 15) is 19.7 Å². The normalized spacial score (nSPS) is 19.1. The Bertz CT molecular complexity index is 633. The van der Waals surface area contributed by atoms with Crippen molar-refractivity contribution in [3.8, 4) is 0 Å². The van der Waals surface area contributed by atoms with Gasteiger partial charge in [-0.15, -0.1) is 0 Å². The number of hydrogen-bond acceptors (Lipinski definition) is 6. The van der Waals surface area contributed by atoms with Crippen LogP contribution in [-0.4, -0.2) is 21.7 Å². The molecule has 0 saturated carbocycles. The van der Waals surface area contributed by atoms with Crippen LogP contribution in [0.15, 0.2) is 27.8 Å². The first-order valence-electron chi connectivity index (χ1n) is 5.64. The highest BCUT2D eigenvalue weighted by molar-refractivity contribution is 5.98. The van der Waals surface area contributed by atoms with E-state index in [4.69, 9.17) is 10.3 Å². The number of urea groups is 1. The molecule has 2 rings (SSSR count). The maximum absolute atomic E-state index is 11.7. The van der Waals surface area contributed by atoms with E-state index < -0.39 is 22.9 Å². The summed E-state index contributed by atoms with van der Waals surface area (Å²) in [6.45, 7) is 2.83. The van der Waals surface area contributed by atoms with Gasteiger partial charge in [-0.05, 0) is 19.9 Å². The molecule has 9 nitrogen and oxygen atoms in total. The maximum Gasteiger partial charge on any atom is 0.433 e. The van der Waals surface area contributed by atoms with E-state index in [-0.39, 0.29) is 22.8 Å². The smallest absolute Gasteiger partial charge is 0.403 e. The third kappa shape index (κ3) is 2.14. The number of Topliss-reactive ketones (excluding diaryl/α,β-unsaturated/α-hetero) is 1. The van der Waals surface area contributed by atoms with Gasteiger partial charge < -0.3 is 9.73 Å². The molecule has 0 saturated heterocycles. The summed E-state index contributed by atoms with van der Waals surface area (Å²) in [6.07, 6.45) is 0. The lowest BCUT2D eigenvalue weighted by atomic mass is 9.97. The van der Waals surface area contributed by atoms with Gasteiger partial charge in [-0.25, -0.2) is 15.6 Å². The van der Waals surface area contributed by atoms with Crippen LogP contribution in [-0.2, 0) is 4.79 Å². The molecule has 0 aromatic carbocycles. The second kappa shape index (κ2) is 4.78. The molecule has 1 aromatic heterocycles. The Balaban J connectivity index is 2.50. The van der Waals surface area contributed by atoms with Crippen LogP contribution in [0.1, 0.15) is 25.6 Å². The van der Waals surface area contributed by atoms with Crippen LogP contribution in [0, 0.1) is 10.1 Å². The van der Waals surface area contributed by atoms with Crippen molar-refractivity contribution in [1.82, 2.24) is 10.3 Å². The molecular formula is C11H12N4O5. The fourth-order valence-electron chi connectivity index (χ4n) is 2.02. The number of ketones is 1. The van der Waals surface area contributed by atoms with E-state index in [0.717, 1.165) is 11.1 Å². The van der Waals surface area contributed by atoms with Gasteiger partial charge in [-0.2, -0.15) is 0 Å². The molecule has 20 heavy (non-hydrogen) atoms. The number of allylic oxidation sites excluding steroid dienone is 1. The van der Waals surface area contributed by atoms with Crippen LogP contribution in [0.25, 0.3) is 0 Å². The lowest BCUT2D eigenvalue weighted by Gasteiger charge is -2.31. The second-order valence-electron chi connectivity index (χ2n) is 4.24. The van der Waals surface area contributed by atoms with Gasteiger partial charge >= 0.3 is 11.9 Å². The van der Waals surface area contributed by atoms with Crippen molar-refractivity contribution in [2.24, 2.45) is 5.84 Å². The molecule has 0 spiro atoms. The zero-order valence-electron chi connectivity index (χ0n) is 10.7. The van der Waals surface area contributed by atoms with Crippen molar-refractivity contribution in [3.05, 3.63) is 39.3 Å². The number of hydrazine groups is 1. The number of nitrogens with two attached hydrogens (primary N) is 1. The number of hydrogen-bond donors (Lipinski definition) is 2. The molecular weight excluding hydrogens is 268 g/mol. The molecule has 1 aliphatic heterocycles. The van der Waals surface area contributed by atoms with E-state index in [1.807, 2.05) is 0 Å². The van der Waals surface area contributed by atoms with Gasteiger partial charge in [0, 0.05) is 11.3 Å². The van der Waals surface area contributed by atoms with E-state index >= 15 is 0 Å². The van der Waals surface area contributed by atoms with Crippen molar-refractivity contribution in [2.45, 2.75) is 19.9 Å². The van der Waals surface area contributed by atoms with Gasteiger partial charge in [0.2, 0.25) is 0 Å². The van der Waals surface area contributed by atoms with Crippen molar-refractivity contribution in [2.75, 3.05) is 0 Å². The highest BCUT2D eigenvalue weighted by atomic mass is 16.6. The molecule has 1 aromatic rings. The van der Waals surface area contributed by atoms with Gasteiger partial charge in [0.1, 0.15) is 16.7 Å². The first kappa shape index (κ1) is 13.7. The van der Waals surface area contributed by atoms with Crippen LogP contribution in [0.3, 0.4) is 0 Å². The summed E-state index contributed by atoms with van der Waals surface area (Å²) in [4.78, 5) is 33.3. The number of carbonyl (C=O) groups excluding carboxylic acids is 2. The number of nitrogens with one attached hydrogen (secondary N) is 1. The molecule has 0 radical (unpaired) electrons. The van der Waals surface area contributed by atoms with Gasteiger partial charge in [0.25, 0.3) is 0 Å². The number of nitro groups is 1. The average Bonchev–Trinajstić information content (AvgIpc) is 2.84. The van der Waals surface area contributed by atoms with Gasteiger partial charge in [0.15, 0.2) is 5.78 Å². The van der Waals surface area contributed by atoms with E-state index in [0.29, 0.717) is 0 Å². The molecule has 1 atom stereocenters. The molecule has 1 aliphatic rings. The van der Waals surface area contributed by atoms with Crippen LogP contribution in [0.2, 0.25) is 0 Å². The summed E-state index contributed by atoms with van der Waals surface area (Å²) >= 11 is 0. The number of furan rings is 1. The molecule has 0 unspecified atom stereocenters. The van der Waals surface area contributed by atoms with Crippen molar-refractivity contribution in [3.63, 3.8) is 0 Å². The van der Waals surface area contributed by atoms with Gasteiger partial charge in [-0.1, -0.05) is 0 Å². The minimum Gasteiger partial charge on any atom is -0.403 e. The molecule has 0 aliphatic carbocycles. The fraction of sp³-hybridized carbons (Fsp3) is 0.273. The number of nitrogens with zero attached hydrogens (tertiary/aromatic N) is 2. The van der Waals surface area contributed by atoms with Crippen molar-refractivity contribution >= 4 is 17.7 Å². The standard InChI is InChI=1S/C11H12N4O5/c1-5-9(6(2)16)10(13-11(17)14(5)12)7-3-4-8(20-7)15(18)19/h3-4,10H,12H2,1-2H3,(H,13,17)/t10-/m0/s1. The highest BCUT2D eigenvalue weighted by Gasteiger charge is 2.35. The minimum atomic E-state index is -0.895. The maximum atomic E-state index is 11.7. The predicted octanol–water partition coefficient (Wildman–Crippen LogP) is 0.991. The summed E-state index contributed by atoms with van der Waals surface area (Å²) in [5, 5.41) is 13.9. The van der Waals surface area contributed by atoms with Crippen LogP contribution >= 0.6 is 0 Å². The largest absolute Gasteiger partial charge is 0.433 e. The van der Waals surface area contributed by atoms with E-state index in [1.165, 1.54) is 19.9 Å². The Morgan fingerprint density at radius 3 is 2.70 bits per heavy atom. The summed E-state index contributed by atoms with van der Waals surface area (Å²) in [7, 11) is 0. The highest BCUT2D eigenvalue weighted by Crippen LogP contribution is 2.32. The van der Waals surface area contributed by atoms with Crippen molar-refractivity contribution in [1.29, 1.82) is 0 Å². The quantitative estimate of drug-likeness (QED) is 0.367. The van der Waals surface area contributed by atoms with Crippen LogP contribution in [0.5, 0.6) is 0 Å². The zero-order chi connectivity index (χ0) is 15.0. The molecule has 0 bridgehead atoms. The Morgan fingerprint density at radius 2 is 2.20 bits per heavy atom. The van der Waals surface area contributed by atoms with E-state index in [1.54, 1.807) is 0 Å². The van der Waals surface area contributed by atoms with Gasteiger partial charge in [0.05, 0.1) is 6.07 Å². The number of carbonyl (C=O) groups is 2. The number of rotatable bonds is 3. The first-order valence-corrected chi connectivity index (χ1v) is 5.64. The van der Waals surface area contributed by atoms with Gasteiger partial charge in [-0.3, -0.25) is 14.9 Å². The monoisotopic (exact) mass is 280 g/mol. The Labute approximate surface area is 113 Å². The topological polar surface area (TPSA) is 132 Å². The zero-order valence-corrected chi connectivity index (χ0v) is 10.7. The molecule has 0 fully saturated rings. The third-order valence-corrected chi connectivity index (χ3v) is 2.98. The Hall–Kier alpha value is -2.68. The summed E-state index contributed by atoms with van der Waals surface area (Å²) in [5.74, 6) is 4.83. The fourth-order valence-corrected chi connectivity index (χ4v) is 2.02. The Morgan fingerprint density at radius 1 is 1.55 bits per heavy atom. The molecule has 2 amide bonds. The number of amides is 2. The molecule has 106 valence electrons. The lowest BCUT2D eigenvalue weighted by molar-refractivity contribution is -0.402. The average molecular weight is 280 g/mol. The molecule has 3 N–H and O–H groups in total. The molecule has 2 heterocycles. The predicted molar refractivity (Wildman–Crippen MR) is 66.0 cm³/mol. The third-order valence-electron chi connectivity index (χ3n) is 2.98. The summed E-state index contributed by atoms with van der Waals surface area (Å²) in [5.41, 5.74) is 0.488. The van der Waals surface area contributed by atoms with Crippen molar-refractivity contribution < 1.29 is 18.9 Å². The van der Waals surface area contributed by atoms with Crippen LogP contribution < -0.4 is 11.2 Å². The first-order chi connectivity index (χ1) is 9.32. The summed E-state index contributed by atoms with van der Waals surface area (Å²) < 4.78 is 5.04. The SMILES string of the molecule is CC(=O)C1=C(C)N(N)C(=O)N[C@H]1c1ccc([N+](=O)[O-])o1. The molecule has 9 heteroatoms.